The van der Waals surface area contributed by atoms with Gasteiger partial charge in [0.1, 0.15) is 0 Å². The van der Waals surface area contributed by atoms with Gasteiger partial charge in [-0.3, -0.25) is 0 Å². The van der Waals surface area contributed by atoms with Gasteiger partial charge in [-0.2, -0.15) is 0 Å². The first-order chi connectivity index (χ1) is 9.16. The number of nitrogen functional groups attached to an aromatic ring is 1. The van der Waals surface area contributed by atoms with Crippen molar-refractivity contribution in [3.05, 3.63) is 23.8 Å². The van der Waals surface area contributed by atoms with Crippen LogP contribution in [-0.4, -0.2) is 44.3 Å². The molecule has 3 rings (SSSR count). The van der Waals surface area contributed by atoms with Crippen LogP contribution in [-0.2, 0) is 6.42 Å². The van der Waals surface area contributed by atoms with E-state index in [0.29, 0.717) is 0 Å². The molecule has 3 nitrogen and oxygen atoms in total. The smallest absolute Gasteiger partial charge is 0.0962 e. The molecule has 19 heavy (non-hydrogen) atoms. The number of anilines is 2. The van der Waals surface area contributed by atoms with Crippen LogP contribution in [0.25, 0.3) is 0 Å². The number of benzene rings is 1. The van der Waals surface area contributed by atoms with Gasteiger partial charge in [-0.25, -0.2) is 0 Å². The summed E-state index contributed by atoms with van der Waals surface area (Å²) < 4.78 is 1.26. The summed E-state index contributed by atoms with van der Waals surface area (Å²) in [5.41, 5.74) is 9.72. The van der Waals surface area contributed by atoms with Crippen molar-refractivity contribution in [2.75, 3.05) is 50.4 Å². The van der Waals surface area contributed by atoms with Crippen LogP contribution in [0.3, 0.4) is 0 Å². The van der Waals surface area contributed by atoms with E-state index in [2.05, 4.69) is 24.1 Å². The molecule has 0 unspecified atom stereocenters. The molecule has 0 aromatic heterocycles. The summed E-state index contributed by atoms with van der Waals surface area (Å²) >= 11 is 0. The molecule has 0 atom stereocenters. The number of aryl methyl sites for hydroxylation is 1. The number of hydrogen-bond donors (Lipinski definition) is 1. The molecule has 0 radical (unpaired) electrons. The highest BCUT2D eigenvalue weighted by molar-refractivity contribution is 5.62. The average molecular weight is 260 g/mol. The standard InChI is InChI=1S/C16H26N3/c1-19(10-2-3-11-19)12-9-18-8-4-5-14-6-7-15(17)13-16(14)18/h6-7,13H,2-5,8-12,17H2,1H3/q+1. The lowest BCUT2D eigenvalue weighted by molar-refractivity contribution is -0.896. The monoisotopic (exact) mass is 260 g/mol. The Morgan fingerprint density at radius 2 is 2.00 bits per heavy atom. The lowest BCUT2D eigenvalue weighted by Gasteiger charge is -2.36. The summed E-state index contributed by atoms with van der Waals surface area (Å²) in [4.78, 5) is 2.55. The summed E-state index contributed by atoms with van der Waals surface area (Å²) in [6, 6.07) is 6.41. The second kappa shape index (κ2) is 5.04. The minimum absolute atomic E-state index is 0.896. The zero-order valence-electron chi connectivity index (χ0n) is 12.1. The van der Waals surface area contributed by atoms with Gasteiger partial charge in [-0.15, -0.1) is 0 Å². The number of hydrogen-bond acceptors (Lipinski definition) is 2. The van der Waals surface area contributed by atoms with Gasteiger partial charge in [0.05, 0.1) is 33.2 Å². The summed E-state index contributed by atoms with van der Waals surface area (Å²) in [6.45, 7) is 6.35. The molecule has 0 amide bonds. The van der Waals surface area contributed by atoms with Gasteiger partial charge >= 0.3 is 0 Å². The normalized spacial score (nSPS) is 21.4. The molecule has 2 aliphatic heterocycles. The molecule has 2 N–H and O–H groups in total. The number of rotatable bonds is 3. The molecular weight excluding hydrogens is 234 g/mol. The minimum atomic E-state index is 0.896. The molecule has 1 aromatic carbocycles. The number of nitrogens with two attached hydrogens (primary N) is 1. The summed E-state index contributed by atoms with van der Waals surface area (Å²) in [5, 5.41) is 0. The first-order valence-corrected chi connectivity index (χ1v) is 7.63. The van der Waals surface area contributed by atoms with Crippen molar-refractivity contribution in [2.24, 2.45) is 0 Å². The SMILES string of the molecule is C[N+]1(CCN2CCCc3ccc(N)cc32)CCCC1. The van der Waals surface area contributed by atoms with Gasteiger partial charge in [-0.1, -0.05) is 6.07 Å². The Balaban J connectivity index is 1.71. The Hall–Kier alpha value is -1.22. The molecular formula is C16H26N3+. The van der Waals surface area contributed by atoms with Crippen molar-refractivity contribution in [2.45, 2.75) is 25.7 Å². The fourth-order valence-corrected chi connectivity index (χ4v) is 3.58. The lowest BCUT2D eigenvalue weighted by atomic mass is 10.0. The third-order valence-corrected chi connectivity index (χ3v) is 4.88. The number of nitrogens with zero attached hydrogens (tertiary/aromatic N) is 2. The molecule has 104 valence electrons. The zero-order valence-corrected chi connectivity index (χ0v) is 12.1. The summed E-state index contributed by atoms with van der Waals surface area (Å²) in [7, 11) is 2.41. The maximum absolute atomic E-state index is 5.96. The Morgan fingerprint density at radius 3 is 2.79 bits per heavy atom. The number of likely N-dealkylation sites (N-methyl/N-ethyl adjacent to an activating group) is 1. The van der Waals surface area contributed by atoms with E-state index in [9.17, 15) is 0 Å². The van der Waals surface area contributed by atoms with E-state index >= 15 is 0 Å². The number of likely N-dealkylation sites (tertiary alicyclic amines) is 1. The van der Waals surface area contributed by atoms with Crippen LogP contribution < -0.4 is 10.6 Å². The van der Waals surface area contributed by atoms with Gasteiger partial charge in [0.25, 0.3) is 0 Å². The van der Waals surface area contributed by atoms with Crippen LogP contribution in [0.2, 0.25) is 0 Å². The minimum Gasteiger partial charge on any atom is -0.399 e. The van der Waals surface area contributed by atoms with Crippen molar-refractivity contribution >= 4 is 11.4 Å². The molecule has 1 aromatic rings. The van der Waals surface area contributed by atoms with Crippen LogP contribution >= 0.6 is 0 Å². The van der Waals surface area contributed by atoms with E-state index in [-0.39, 0.29) is 0 Å². The van der Waals surface area contributed by atoms with Gasteiger partial charge in [0, 0.05) is 30.8 Å². The molecule has 2 heterocycles. The van der Waals surface area contributed by atoms with Crippen molar-refractivity contribution in [3.63, 3.8) is 0 Å². The summed E-state index contributed by atoms with van der Waals surface area (Å²) in [5.74, 6) is 0. The van der Waals surface area contributed by atoms with E-state index in [1.54, 1.807) is 0 Å². The molecule has 0 saturated carbocycles. The van der Waals surface area contributed by atoms with E-state index in [1.807, 2.05) is 6.07 Å². The Morgan fingerprint density at radius 1 is 1.21 bits per heavy atom. The maximum atomic E-state index is 5.96. The Labute approximate surface area is 116 Å². The van der Waals surface area contributed by atoms with Crippen LogP contribution in [0.1, 0.15) is 24.8 Å². The average Bonchev–Trinajstić information content (AvgIpc) is 2.84. The van der Waals surface area contributed by atoms with Crippen molar-refractivity contribution < 1.29 is 4.48 Å². The third kappa shape index (κ3) is 2.71. The van der Waals surface area contributed by atoms with Crippen LogP contribution in [0.4, 0.5) is 11.4 Å². The Bertz CT molecular complexity index is 449. The zero-order chi connectivity index (χ0) is 13.3. The maximum Gasteiger partial charge on any atom is 0.0962 e. The van der Waals surface area contributed by atoms with E-state index in [4.69, 9.17) is 5.73 Å². The molecule has 1 fully saturated rings. The van der Waals surface area contributed by atoms with Crippen molar-refractivity contribution in [1.82, 2.24) is 0 Å². The van der Waals surface area contributed by atoms with Crippen LogP contribution in [0.15, 0.2) is 18.2 Å². The van der Waals surface area contributed by atoms with E-state index in [1.165, 1.54) is 74.1 Å². The molecule has 0 spiro atoms. The van der Waals surface area contributed by atoms with Crippen LogP contribution in [0, 0.1) is 0 Å². The molecule has 1 saturated heterocycles. The second-order valence-electron chi connectivity index (χ2n) is 6.48. The van der Waals surface area contributed by atoms with Crippen LogP contribution in [0.5, 0.6) is 0 Å². The highest BCUT2D eigenvalue weighted by Gasteiger charge is 2.28. The molecule has 2 aliphatic rings. The topological polar surface area (TPSA) is 29.3 Å². The van der Waals surface area contributed by atoms with E-state index in [0.717, 1.165) is 5.69 Å². The van der Waals surface area contributed by atoms with Gasteiger partial charge in [-0.05, 0) is 30.5 Å². The van der Waals surface area contributed by atoms with Crippen molar-refractivity contribution in [1.29, 1.82) is 0 Å². The van der Waals surface area contributed by atoms with Gasteiger partial charge in [0.2, 0.25) is 0 Å². The lowest BCUT2D eigenvalue weighted by Crippen LogP contribution is -2.47. The number of fused-ring (bicyclic) bond motifs is 1. The second-order valence-corrected chi connectivity index (χ2v) is 6.48. The molecule has 0 bridgehead atoms. The number of quaternary nitrogens is 1. The third-order valence-electron chi connectivity index (χ3n) is 4.88. The summed E-state index contributed by atoms with van der Waals surface area (Å²) in [6.07, 6.45) is 5.29. The highest BCUT2D eigenvalue weighted by Crippen LogP contribution is 2.29. The van der Waals surface area contributed by atoms with E-state index < -0.39 is 0 Å². The van der Waals surface area contributed by atoms with Crippen molar-refractivity contribution in [3.8, 4) is 0 Å². The molecule has 0 aliphatic carbocycles. The molecule has 3 heteroatoms. The first-order valence-electron chi connectivity index (χ1n) is 7.63. The Kier molecular flexibility index (Phi) is 3.40. The quantitative estimate of drug-likeness (QED) is 0.667. The van der Waals surface area contributed by atoms with Gasteiger partial charge in [0.15, 0.2) is 0 Å². The van der Waals surface area contributed by atoms with Gasteiger partial charge < -0.3 is 15.1 Å². The first kappa shape index (κ1) is 12.8. The fraction of sp³-hybridized carbons (Fsp3) is 0.625. The fourth-order valence-electron chi connectivity index (χ4n) is 3.58. The predicted octanol–water partition coefficient (Wildman–Crippen LogP) is 2.26. The highest BCUT2D eigenvalue weighted by atomic mass is 15.4. The predicted molar refractivity (Wildman–Crippen MR) is 81.4 cm³/mol. The largest absolute Gasteiger partial charge is 0.399 e.